The number of likely N-dealkylation sites (N-methyl/N-ethyl adjacent to an activating group) is 1. The molecule has 0 unspecified atom stereocenters. The fourth-order valence-electron chi connectivity index (χ4n) is 5.92. The summed E-state index contributed by atoms with van der Waals surface area (Å²) in [6.45, 7) is 5.30. The molecule has 1 aliphatic carbocycles. The third-order valence-corrected chi connectivity index (χ3v) is 7.18. The molecule has 25 heavy (non-hydrogen) atoms. The number of hydrogen-bond donors (Lipinski definition) is 0. The number of imidazole rings is 1. The number of likely N-dealkylation sites (tertiary alicyclic amines) is 2. The quantitative estimate of drug-likeness (QED) is 0.803. The van der Waals surface area contributed by atoms with Gasteiger partial charge in [0.15, 0.2) is 0 Å². The molecule has 132 valence electrons. The van der Waals surface area contributed by atoms with E-state index in [4.69, 9.17) is 0 Å². The third kappa shape index (κ3) is 1.99. The Morgan fingerprint density at radius 2 is 2.08 bits per heavy atom. The lowest BCUT2D eigenvalue weighted by Gasteiger charge is -2.50. The molecule has 1 saturated carbocycles. The van der Waals surface area contributed by atoms with Crippen LogP contribution in [0.4, 0.5) is 0 Å². The molecule has 0 aromatic carbocycles. The molecular formula is C20H26N4O. The standard InChI is InChI=1S/C20H26N4O/c1-13-6-4-9-18-21-15(12-23(13)18)19(25)24-11-14-10-20(2)16(22(14)3)7-5-8-17(20)24/h4,6,9,12,14,16-17H,5,7-8,10-11H2,1-3H3/t14-,16-,17+,20-/m0/s1. The average Bonchev–Trinajstić information content (AvgIpc) is 3.13. The molecule has 4 atom stereocenters. The van der Waals surface area contributed by atoms with Gasteiger partial charge in [-0.1, -0.05) is 13.0 Å². The highest BCUT2D eigenvalue weighted by Gasteiger charge is 2.59. The Morgan fingerprint density at radius 3 is 2.88 bits per heavy atom. The number of carbonyl (C=O) groups excluding carboxylic acids is 1. The number of amides is 1. The van der Waals surface area contributed by atoms with E-state index in [9.17, 15) is 4.79 Å². The SMILES string of the molecule is Cc1cccc2nc(C(=O)N3C[C@@H]4C[C@@]5(C)[C@H](CCC[C@@H]35)N4C)cn12. The summed E-state index contributed by atoms with van der Waals surface area (Å²) in [5.74, 6) is 0.111. The van der Waals surface area contributed by atoms with E-state index < -0.39 is 0 Å². The molecule has 0 spiro atoms. The second kappa shape index (κ2) is 5.07. The van der Waals surface area contributed by atoms with Crippen molar-refractivity contribution in [1.82, 2.24) is 19.2 Å². The van der Waals surface area contributed by atoms with Crippen LogP contribution < -0.4 is 0 Å². The molecule has 5 nitrogen and oxygen atoms in total. The molecule has 2 saturated heterocycles. The van der Waals surface area contributed by atoms with E-state index in [1.807, 2.05) is 35.7 Å². The number of nitrogens with zero attached hydrogens (tertiary/aromatic N) is 4. The third-order valence-electron chi connectivity index (χ3n) is 7.18. The van der Waals surface area contributed by atoms with E-state index in [1.165, 1.54) is 19.3 Å². The van der Waals surface area contributed by atoms with Crippen LogP contribution in [-0.4, -0.2) is 56.8 Å². The van der Waals surface area contributed by atoms with Crippen molar-refractivity contribution in [3.63, 3.8) is 0 Å². The van der Waals surface area contributed by atoms with Crippen molar-refractivity contribution >= 4 is 11.6 Å². The van der Waals surface area contributed by atoms with Crippen LogP contribution in [0, 0.1) is 12.3 Å². The van der Waals surface area contributed by atoms with Crippen LogP contribution in [0.5, 0.6) is 0 Å². The number of rotatable bonds is 1. The van der Waals surface area contributed by atoms with Crippen molar-refractivity contribution in [2.75, 3.05) is 13.6 Å². The van der Waals surface area contributed by atoms with Gasteiger partial charge in [-0.05, 0) is 51.8 Å². The van der Waals surface area contributed by atoms with Crippen LogP contribution >= 0.6 is 0 Å². The largest absolute Gasteiger partial charge is 0.332 e. The first-order chi connectivity index (χ1) is 12.0. The van der Waals surface area contributed by atoms with Gasteiger partial charge in [0.2, 0.25) is 0 Å². The monoisotopic (exact) mass is 338 g/mol. The predicted octanol–water partition coefficient (Wildman–Crippen LogP) is 2.73. The molecule has 2 aliphatic heterocycles. The molecule has 2 aromatic rings. The highest BCUT2D eigenvalue weighted by Crippen LogP contribution is 2.53. The number of fused-ring (bicyclic) bond motifs is 2. The van der Waals surface area contributed by atoms with Gasteiger partial charge in [0.05, 0.1) is 0 Å². The van der Waals surface area contributed by atoms with Gasteiger partial charge < -0.3 is 9.30 Å². The molecule has 0 N–H and O–H groups in total. The lowest BCUT2D eigenvalue weighted by Crippen LogP contribution is -2.57. The summed E-state index contributed by atoms with van der Waals surface area (Å²) in [6, 6.07) is 7.48. The fraction of sp³-hybridized carbons (Fsp3) is 0.600. The Labute approximate surface area is 148 Å². The van der Waals surface area contributed by atoms with E-state index >= 15 is 0 Å². The van der Waals surface area contributed by atoms with Crippen molar-refractivity contribution < 1.29 is 4.79 Å². The zero-order valence-electron chi connectivity index (χ0n) is 15.3. The van der Waals surface area contributed by atoms with E-state index in [-0.39, 0.29) is 11.3 Å². The molecule has 5 heteroatoms. The molecule has 4 heterocycles. The maximum absolute atomic E-state index is 13.4. The Hall–Kier alpha value is -1.88. The van der Waals surface area contributed by atoms with Gasteiger partial charge in [-0.2, -0.15) is 0 Å². The summed E-state index contributed by atoms with van der Waals surface area (Å²) < 4.78 is 2.02. The number of aryl methyl sites for hydroxylation is 1. The van der Waals surface area contributed by atoms with Gasteiger partial charge in [-0.3, -0.25) is 9.69 Å². The number of hydrogen-bond acceptors (Lipinski definition) is 3. The fourth-order valence-corrected chi connectivity index (χ4v) is 5.92. The van der Waals surface area contributed by atoms with Crippen molar-refractivity contribution in [2.24, 2.45) is 5.41 Å². The molecule has 2 aromatic heterocycles. The van der Waals surface area contributed by atoms with Crippen LogP contribution in [0.25, 0.3) is 5.65 Å². The predicted molar refractivity (Wildman–Crippen MR) is 96.7 cm³/mol. The summed E-state index contributed by atoms with van der Waals surface area (Å²) in [4.78, 5) is 22.7. The Morgan fingerprint density at radius 1 is 1.28 bits per heavy atom. The first-order valence-electron chi connectivity index (χ1n) is 9.46. The number of carbonyl (C=O) groups is 1. The molecule has 5 rings (SSSR count). The molecular weight excluding hydrogens is 312 g/mol. The highest BCUT2D eigenvalue weighted by atomic mass is 16.2. The lowest BCUT2D eigenvalue weighted by molar-refractivity contribution is 0.0114. The van der Waals surface area contributed by atoms with E-state index in [0.29, 0.717) is 23.8 Å². The number of aromatic nitrogens is 2. The van der Waals surface area contributed by atoms with Crippen LogP contribution in [0.2, 0.25) is 0 Å². The molecule has 1 amide bonds. The summed E-state index contributed by atoms with van der Waals surface area (Å²) in [6.07, 6.45) is 6.76. The van der Waals surface area contributed by atoms with E-state index in [0.717, 1.165) is 24.3 Å². The Balaban J connectivity index is 1.54. The minimum atomic E-state index is 0.111. The normalized spacial score (nSPS) is 34.7. The minimum Gasteiger partial charge on any atom is -0.332 e. The van der Waals surface area contributed by atoms with Gasteiger partial charge in [0.25, 0.3) is 5.91 Å². The summed E-state index contributed by atoms with van der Waals surface area (Å²) in [5, 5.41) is 0. The van der Waals surface area contributed by atoms with Gasteiger partial charge in [0.1, 0.15) is 11.3 Å². The van der Waals surface area contributed by atoms with Crippen molar-refractivity contribution in [2.45, 2.75) is 57.7 Å². The van der Waals surface area contributed by atoms with Crippen LogP contribution in [0.1, 0.15) is 48.8 Å². The van der Waals surface area contributed by atoms with Crippen molar-refractivity contribution in [3.05, 3.63) is 35.8 Å². The van der Waals surface area contributed by atoms with E-state index in [2.05, 4.69) is 28.8 Å². The number of piperidine rings is 1. The number of pyridine rings is 1. The second-order valence-corrected chi connectivity index (χ2v) is 8.47. The van der Waals surface area contributed by atoms with Gasteiger partial charge in [-0.15, -0.1) is 0 Å². The molecule has 3 fully saturated rings. The minimum absolute atomic E-state index is 0.111. The average molecular weight is 338 g/mol. The van der Waals surface area contributed by atoms with Gasteiger partial charge in [-0.25, -0.2) is 4.98 Å². The van der Waals surface area contributed by atoms with Gasteiger partial charge >= 0.3 is 0 Å². The smallest absolute Gasteiger partial charge is 0.274 e. The van der Waals surface area contributed by atoms with E-state index in [1.54, 1.807) is 0 Å². The van der Waals surface area contributed by atoms with Crippen molar-refractivity contribution in [1.29, 1.82) is 0 Å². The summed E-state index contributed by atoms with van der Waals surface area (Å²) in [7, 11) is 2.26. The maximum atomic E-state index is 13.4. The molecule has 3 aliphatic rings. The molecule has 2 bridgehead atoms. The molecule has 0 radical (unpaired) electrons. The maximum Gasteiger partial charge on any atom is 0.274 e. The Bertz CT molecular complexity index is 858. The zero-order chi connectivity index (χ0) is 17.3. The van der Waals surface area contributed by atoms with Crippen molar-refractivity contribution in [3.8, 4) is 0 Å². The van der Waals surface area contributed by atoms with Gasteiger partial charge in [0, 0.05) is 42.0 Å². The first-order valence-corrected chi connectivity index (χ1v) is 9.46. The highest BCUT2D eigenvalue weighted by molar-refractivity contribution is 5.93. The zero-order valence-corrected chi connectivity index (χ0v) is 15.3. The lowest BCUT2D eigenvalue weighted by atomic mass is 9.66. The summed E-state index contributed by atoms with van der Waals surface area (Å²) in [5.41, 5.74) is 2.78. The summed E-state index contributed by atoms with van der Waals surface area (Å²) >= 11 is 0. The first kappa shape index (κ1) is 15.4. The van der Waals surface area contributed by atoms with Crippen LogP contribution in [0.3, 0.4) is 0 Å². The second-order valence-electron chi connectivity index (χ2n) is 8.47. The van der Waals surface area contributed by atoms with Crippen LogP contribution in [-0.2, 0) is 0 Å². The topological polar surface area (TPSA) is 40.9 Å². The Kier molecular flexibility index (Phi) is 3.12. The van der Waals surface area contributed by atoms with Crippen LogP contribution in [0.15, 0.2) is 24.4 Å².